The van der Waals surface area contributed by atoms with Crippen molar-refractivity contribution in [3.8, 4) is 0 Å². The molecule has 2 aromatic heterocycles. The maximum atomic E-state index is 12.1. The molecule has 0 aliphatic rings. The van der Waals surface area contributed by atoms with Gasteiger partial charge < -0.3 is 10.4 Å². The minimum Gasteiger partial charge on any atom is -0.480 e. The Morgan fingerprint density at radius 2 is 2.18 bits per heavy atom. The molecule has 8 heteroatoms. The number of aliphatic carboxylic acids is 1. The van der Waals surface area contributed by atoms with Gasteiger partial charge in [0.15, 0.2) is 0 Å². The molecule has 2 rings (SSSR count). The quantitative estimate of drug-likeness (QED) is 0.767. The van der Waals surface area contributed by atoms with E-state index in [2.05, 4.69) is 27.0 Å². The number of nitrogens with zero attached hydrogens (tertiary/aromatic N) is 4. The van der Waals surface area contributed by atoms with Crippen LogP contribution in [-0.4, -0.2) is 42.6 Å². The van der Waals surface area contributed by atoms with Crippen LogP contribution in [0, 0.1) is 13.8 Å². The number of carboxylic acid groups (broad SMARTS) is 1. The number of hydrogen-bond donors (Lipinski definition) is 2. The molecular formula is C14H17N5O3. The molecule has 8 nitrogen and oxygen atoms in total. The fourth-order valence-electron chi connectivity index (χ4n) is 2.03. The van der Waals surface area contributed by atoms with E-state index in [0.717, 1.165) is 11.4 Å². The average Bonchev–Trinajstić information content (AvgIpc) is 2.87. The molecule has 0 fully saturated rings. The Hall–Kier alpha value is -2.77. The molecule has 0 bridgehead atoms. The standard InChI is InChI=1S/C14H17N5O3/c1-4-5-6-10(13(21)22)16-12(20)11-17-14-15-8(2)7-9(3)19(14)18-11/h4,7,10H,1,5-6H2,2-3H3,(H,16,20)(H,21,22). The number of rotatable bonds is 6. The van der Waals surface area contributed by atoms with E-state index in [9.17, 15) is 9.59 Å². The highest BCUT2D eigenvalue weighted by Gasteiger charge is 2.22. The van der Waals surface area contributed by atoms with Crippen LogP contribution in [0.4, 0.5) is 0 Å². The number of hydrogen-bond acceptors (Lipinski definition) is 5. The molecule has 0 radical (unpaired) electrons. The first kappa shape index (κ1) is 15.6. The molecule has 116 valence electrons. The number of nitrogens with one attached hydrogen (secondary N) is 1. The Bertz CT molecular complexity index is 737. The predicted molar refractivity (Wildman–Crippen MR) is 78.6 cm³/mol. The maximum absolute atomic E-state index is 12.1. The van der Waals surface area contributed by atoms with E-state index in [1.54, 1.807) is 6.08 Å². The van der Waals surface area contributed by atoms with E-state index in [1.807, 2.05) is 19.9 Å². The van der Waals surface area contributed by atoms with Gasteiger partial charge in [0.05, 0.1) is 0 Å². The van der Waals surface area contributed by atoms with Crippen LogP contribution in [0.5, 0.6) is 0 Å². The number of aromatic nitrogens is 4. The van der Waals surface area contributed by atoms with Gasteiger partial charge in [-0.15, -0.1) is 11.7 Å². The van der Waals surface area contributed by atoms with Crippen LogP contribution < -0.4 is 5.32 Å². The molecule has 0 aliphatic heterocycles. The molecule has 0 saturated heterocycles. The van der Waals surface area contributed by atoms with Crippen molar-refractivity contribution >= 4 is 17.7 Å². The third-order valence-corrected chi connectivity index (χ3v) is 3.08. The smallest absolute Gasteiger partial charge is 0.326 e. The lowest BCUT2D eigenvalue weighted by atomic mass is 10.1. The Morgan fingerprint density at radius 1 is 1.45 bits per heavy atom. The van der Waals surface area contributed by atoms with Gasteiger partial charge in [-0.2, -0.15) is 4.98 Å². The van der Waals surface area contributed by atoms with Crippen LogP contribution in [0.2, 0.25) is 0 Å². The highest BCUT2D eigenvalue weighted by atomic mass is 16.4. The number of carbonyl (C=O) groups excluding carboxylic acids is 1. The molecular weight excluding hydrogens is 286 g/mol. The summed E-state index contributed by atoms with van der Waals surface area (Å²) in [4.78, 5) is 31.5. The van der Waals surface area contributed by atoms with Gasteiger partial charge in [0.25, 0.3) is 11.7 Å². The average molecular weight is 303 g/mol. The van der Waals surface area contributed by atoms with Crippen LogP contribution >= 0.6 is 0 Å². The van der Waals surface area contributed by atoms with Gasteiger partial charge in [-0.25, -0.2) is 14.3 Å². The van der Waals surface area contributed by atoms with Gasteiger partial charge in [-0.3, -0.25) is 4.79 Å². The number of carbonyl (C=O) groups is 2. The predicted octanol–water partition coefficient (Wildman–Crippen LogP) is 0.890. The molecule has 1 unspecified atom stereocenters. The summed E-state index contributed by atoms with van der Waals surface area (Å²) >= 11 is 0. The third kappa shape index (κ3) is 3.27. The minimum absolute atomic E-state index is 0.106. The molecule has 0 spiro atoms. The largest absolute Gasteiger partial charge is 0.480 e. The summed E-state index contributed by atoms with van der Waals surface area (Å²) in [6, 6.07) is 0.806. The van der Waals surface area contributed by atoms with E-state index < -0.39 is 17.9 Å². The highest BCUT2D eigenvalue weighted by molar-refractivity contribution is 5.93. The van der Waals surface area contributed by atoms with Gasteiger partial charge in [0.1, 0.15) is 6.04 Å². The summed E-state index contributed by atoms with van der Waals surface area (Å²) in [6.45, 7) is 7.17. The minimum atomic E-state index is -1.11. The van der Waals surface area contributed by atoms with Gasteiger partial charge >= 0.3 is 5.97 Å². The number of amides is 1. The number of carboxylic acids is 1. The van der Waals surface area contributed by atoms with Crippen LogP contribution in [0.15, 0.2) is 18.7 Å². The zero-order chi connectivity index (χ0) is 16.3. The molecule has 0 aromatic carbocycles. The second-order valence-corrected chi connectivity index (χ2v) is 4.92. The summed E-state index contributed by atoms with van der Waals surface area (Å²) in [7, 11) is 0. The second-order valence-electron chi connectivity index (χ2n) is 4.92. The summed E-state index contributed by atoms with van der Waals surface area (Å²) in [5, 5.41) is 15.6. The van der Waals surface area contributed by atoms with Crippen molar-refractivity contribution in [3.63, 3.8) is 0 Å². The summed E-state index contributed by atoms with van der Waals surface area (Å²) in [5.74, 6) is -1.55. The van der Waals surface area contributed by atoms with E-state index in [-0.39, 0.29) is 12.2 Å². The monoisotopic (exact) mass is 303 g/mol. The lowest BCUT2D eigenvalue weighted by molar-refractivity contribution is -0.139. The zero-order valence-corrected chi connectivity index (χ0v) is 12.4. The first-order valence-corrected chi connectivity index (χ1v) is 6.78. The summed E-state index contributed by atoms with van der Waals surface area (Å²) in [6.07, 6.45) is 2.34. The molecule has 2 heterocycles. The van der Waals surface area contributed by atoms with Crippen molar-refractivity contribution in [1.29, 1.82) is 0 Å². The molecule has 2 N–H and O–H groups in total. The van der Waals surface area contributed by atoms with Crippen molar-refractivity contribution in [3.05, 3.63) is 35.9 Å². The van der Waals surface area contributed by atoms with Gasteiger partial charge in [-0.05, 0) is 32.8 Å². The molecule has 0 saturated carbocycles. The SMILES string of the molecule is C=CCCC(NC(=O)c1nc2nc(C)cc(C)n2n1)C(=O)O. The van der Waals surface area contributed by atoms with Gasteiger partial charge in [-0.1, -0.05) is 6.08 Å². The Balaban J connectivity index is 2.23. The normalized spacial score (nSPS) is 12.1. The van der Waals surface area contributed by atoms with Crippen molar-refractivity contribution < 1.29 is 14.7 Å². The van der Waals surface area contributed by atoms with E-state index >= 15 is 0 Å². The van der Waals surface area contributed by atoms with Crippen LogP contribution in [-0.2, 0) is 4.79 Å². The van der Waals surface area contributed by atoms with E-state index in [1.165, 1.54) is 4.52 Å². The van der Waals surface area contributed by atoms with Gasteiger partial charge in [0, 0.05) is 11.4 Å². The van der Waals surface area contributed by atoms with Crippen molar-refractivity contribution in [2.75, 3.05) is 0 Å². The molecule has 0 aliphatic carbocycles. The van der Waals surface area contributed by atoms with Crippen LogP contribution in [0.1, 0.15) is 34.8 Å². The summed E-state index contributed by atoms with van der Waals surface area (Å²) < 4.78 is 1.45. The highest BCUT2D eigenvalue weighted by Crippen LogP contribution is 2.06. The molecule has 1 amide bonds. The maximum Gasteiger partial charge on any atom is 0.326 e. The summed E-state index contributed by atoms with van der Waals surface area (Å²) in [5.41, 5.74) is 1.55. The third-order valence-electron chi connectivity index (χ3n) is 3.08. The lowest BCUT2D eigenvalue weighted by Gasteiger charge is -2.11. The first-order valence-electron chi connectivity index (χ1n) is 6.78. The number of aryl methyl sites for hydroxylation is 2. The van der Waals surface area contributed by atoms with Gasteiger partial charge in [0.2, 0.25) is 5.82 Å². The first-order chi connectivity index (χ1) is 10.4. The number of allylic oxidation sites excluding steroid dienone is 1. The topological polar surface area (TPSA) is 109 Å². The lowest BCUT2D eigenvalue weighted by Crippen LogP contribution is -2.41. The Morgan fingerprint density at radius 3 is 2.82 bits per heavy atom. The zero-order valence-electron chi connectivity index (χ0n) is 12.4. The molecule has 22 heavy (non-hydrogen) atoms. The van der Waals surface area contributed by atoms with Crippen molar-refractivity contribution in [2.45, 2.75) is 32.7 Å². The van der Waals surface area contributed by atoms with Crippen molar-refractivity contribution in [2.24, 2.45) is 0 Å². The Labute approximate surface area is 126 Å². The van der Waals surface area contributed by atoms with Crippen molar-refractivity contribution in [1.82, 2.24) is 24.9 Å². The molecule has 1 atom stereocenters. The van der Waals surface area contributed by atoms with E-state index in [0.29, 0.717) is 12.2 Å². The molecule has 2 aromatic rings. The Kier molecular flexibility index (Phi) is 4.50. The fraction of sp³-hybridized carbons (Fsp3) is 0.357. The second kappa shape index (κ2) is 6.33. The number of fused-ring (bicyclic) bond motifs is 1. The van der Waals surface area contributed by atoms with Crippen LogP contribution in [0.25, 0.3) is 5.78 Å². The fourth-order valence-corrected chi connectivity index (χ4v) is 2.03. The van der Waals surface area contributed by atoms with Crippen LogP contribution in [0.3, 0.4) is 0 Å². The van der Waals surface area contributed by atoms with E-state index in [4.69, 9.17) is 5.11 Å².